The number of carbonyl (C=O) groups is 1. The van der Waals surface area contributed by atoms with Gasteiger partial charge in [0.05, 0.1) is 15.5 Å². The van der Waals surface area contributed by atoms with Gasteiger partial charge in [0.15, 0.2) is 9.84 Å². The van der Waals surface area contributed by atoms with Gasteiger partial charge in [-0.15, -0.1) is 0 Å². The Hall–Kier alpha value is -1.85. The molecule has 0 atom stereocenters. The Labute approximate surface area is 128 Å². The maximum absolute atomic E-state index is 12.2. The number of sulfone groups is 1. The minimum absolute atomic E-state index is 0.0161. The van der Waals surface area contributed by atoms with Crippen molar-refractivity contribution in [3.05, 3.63) is 58.6 Å². The minimum Gasteiger partial charge on any atom is -0.421 e. The SMILES string of the molecule is Cc1ccc(Cl)c(OC(=O)c2ccccc2S(C)(=O)=O)c1. The van der Waals surface area contributed by atoms with E-state index in [1.165, 1.54) is 12.1 Å². The van der Waals surface area contributed by atoms with Crippen LogP contribution in [0.5, 0.6) is 5.75 Å². The first-order valence-corrected chi connectivity index (χ1v) is 8.33. The predicted molar refractivity (Wildman–Crippen MR) is 80.7 cm³/mol. The Kier molecular flexibility index (Phi) is 4.34. The Morgan fingerprint density at radius 2 is 1.81 bits per heavy atom. The van der Waals surface area contributed by atoms with Gasteiger partial charge >= 0.3 is 5.97 Å². The number of benzene rings is 2. The second-order valence-electron chi connectivity index (χ2n) is 4.59. The monoisotopic (exact) mass is 324 g/mol. The molecule has 0 fully saturated rings. The van der Waals surface area contributed by atoms with Gasteiger partial charge in [-0.3, -0.25) is 0 Å². The van der Waals surface area contributed by atoms with Crippen molar-refractivity contribution in [1.29, 1.82) is 0 Å². The fourth-order valence-electron chi connectivity index (χ4n) is 1.80. The van der Waals surface area contributed by atoms with Crippen molar-refractivity contribution in [2.45, 2.75) is 11.8 Å². The second kappa shape index (κ2) is 5.87. The molecule has 0 saturated heterocycles. The Bertz CT molecular complexity index is 797. The summed E-state index contributed by atoms with van der Waals surface area (Å²) in [5.74, 6) is -0.562. The van der Waals surface area contributed by atoms with Crippen LogP contribution in [0.2, 0.25) is 5.02 Å². The molecule has 0 aliphatic carbocycles. The molecule has 6 heteroatoms. The van der Waals surface area contributed by atoms with E-state index in [9.17, 15) is 13.2 Å². The lowest BCUT2D eigenvalue weighted by Gasteiger charge is -2.09. The fraction of sp³-hybridized carbons (Fsp3) is 0.133. The summed E-state index contributed by atoms with van der Waals surface area (Å²) in [5.41, 5.74) is 0.858. The summed E-state index contributed by atoms with van der Waals surface area (Å²) in [7, 11) is -3.52. The van der Waals surface area contributed by atoms with Crippen molar-refractivity contribution in [2.75, 3.05) is 6.26 Å². The van der Waals surface area contributed by atoms with E-state index in [2.05, 4.69) is 0 Å². The Morgan fingerprint density at radius 3 is 2.48 bits per heavy atom. The van der Waals surface area contributed by atoms with E-state index in [0.29, 0.717) is 0 Å². The van der Waals surface area contributed by atoms with Crippen molar-refractivity contribution >= 4 is 27.4 Å². The van der Waals surface area contributed by atoms with E-state index in [1.54, 1.807) is 30.3 Å². The highest BCUT2D eigenvalue weighted by molar-refractivity contribution is 7.90. The molecule has 2 aromatic carbocycles. The second-order valence-corrected chi connectivity index (χ2v) is 6.98. The largest absolute Gasteiger partial charge is 0.421 e. The van der Waals surface area contributed by atoms with Gasteiger partial charge in [0.2, 0.25) is 0 Å². The first kappa shape index (κ1) is 15.5. The molecule has 0 aliphatic rings. The van der Waals surface area contributed by atoms with Gasteiger partial charge in [-0.25, -0.2) is 13.2 Å². The number of hydrogen-bond donors (Lipinski definition) is 0. The molecule has 0 aliphatic heterocycles. The molecule has 0 radical (unpaired) electrons. The van der Waals surface area contributed by atoms with Crippen molar-refractivity contribution in [2.24, 2.45) is 0 Å². The lowest BCUT2D eigenvalue weighted by atomic mass is 10.2. The van der Waals surface area contributed by atoms with Crippen LogP contribution in [0.15, 0.2) is 47.4 Å². The lowest BCUT2D eigenvalue weighted by molar-refractivity contribution is 0.0731. The van der Waals surface area contributed by atoms with E-state index < -0.39 is 15.8 Å². The zero-order valence-corrected chi connectivity index (χ0v) is 13.0. The van der Waals surface area contributed by atoms with E-state index in [0.717, 1.165) is 11.8 Å². The van der Waals surface area contributed by atoms with Gasteiger partial charge in [-0.2, -0.15) is 0 Å². The number of esters is 1. The molecule has 21 heavy (non-hydrogen) atoms. The Balaban J connectivity index is 2.40. The summed E-state index contributed by atoms with van der Waals surface area (Å²) in [5, 5.41) is 0.283. The maximum atomic E-state index is 12.2. The van der Waals surface area contributed by atoms with E-state index in [4.69, 9.17) is 16.3 Å². The van der Waals surface area contributed by atoms with E-state index in [1.807, 2.05) is 6.92 Å². The fourth-order valence-corrected chi connectivity index (χ4v) is 2.83. The van der Waals surface area contributed by atoms with Gasteiger partial charge in [0.25, 0.3) is 0 Å². The zero-order valence-electron chi connectivity index (χ0n) is 11.5. The third-order valence-corrected chi connectivity index (χ3v) is 4.26. The maximum Gasteiger partial charge on any atom is 0.344 e. The highest BCUT2D eigenvalue weighted by Crippen LogP contribution is 2.27. The van der Waals surface area contributed by atoms with Crippen LogP contribution in [0.25, 0.3) is 0 Å². The quantitative estimate of drug-likeness (QED) is 0.642. The topological polar surface area (TPSA) is 60.4 Å². The minimum atomic E-state index is -3.52. The van der Waals surface area contributed by atoms with Crippen molar-refractivity contribution in [3.63, 3.8) is 0 Å². The summed E-state index contributed by atoms with van der Waals surface area (Å²) in [6.07, 6.45) is 1.04. The third-order valence-electron chi connectivity index (χ3n) is 2.80. The van der Waals surface area contributed by atoms with Crippen LogP contribution < -0.4 is 4.74 Å². The van der Waals surface area contributed by atoms with Crippen LogP contribution in [0, 0.1) is 6.92 Å². The molecule has 2 rings (SSSR count). The van der Waals surface area contributed by atoms with Crippen molar-refractivity contribution in [1.82, 2.24) is 0 Å². The number of ether oxygens (including phenoxy) is 1. The molecule has 0 bridgehead atoms. The van der Waals surface area contributed by atoms with Gasteiger partial charge in [0, 0.05) is 6.26 Å². The molecular weight excluding hydrogens is 312 g/mol. The normalized spacial score (nSPS) is 11.2. The molecule has 2 aromatic rings. The van der Waals surface area contributed by atoms with Crippen LogP contribution in [-0.2, 0) is 9.84 Å². The number of halogens is 1. The van der Waals surface area contributed by atoms with Crippen LogP contribution in [0.3, 0.4) is 0 Å². The first-order valence-electron chi connectivity index (χ1n) is 6.06. The number of rotatable bonds is 3. The smallest absolute Gasteiger partial charge is 0.344 e. The van der Waals surface area contributed by atoms with Gasteiger partial charge in [-0.05, 0) is 36.8 Å². The summed E-state index contributed by atoms with van der Waals surface area (Å²) >= 11 is 5.96. The molecule has 110 valence electrons. The van der Waals surface area contributed by atoms with E-state index in [-0.39, 0.29) is 21.2 Å². The summed E-state index contributed by atoms with van der Waals surface area (Å²) < 4.78 is 28.6. The summed E-state index contributed by atoms with van der Waals surface area (Å²) in [6, 6.07) is 10.9. The third kappa shape index (κ3) is 3.62. The molecule has 0 heterocycles. The average molecular weight is 325 g/mol. The number of aryl methyl sites for hydroxylation is 1. The molecule has 4 nitrogen and oxygen atoms in total. The molecule has 0 amide bonds. The lowest BCUT2D eigenvalue weighted by Crippen LogP contribution is -2.13. The van der Waals surface area contributed by atoms with Crippen LogP contribution in [0.1, 0.15) is 15.9 Å². The molecule has 0 spiro atoms. The zero-order chi connectivity index (χ0) is 15.6. The van der Waals surface area contributed by atoms with Gasteiger partial charge in [0.1, 0.15) is 5.75 Å². The average Bonchev–Trinajstić information content (AvgIpc) is 2.42. The number of hydrogen-bond acceptors (Lipinski definition) is 4. The molecule has 0 aromatic heterocycles. The molecular formula is C15H13ClO4S. The predicted octanol–water partition coefficient (Wildman–Crippen LogP) is 3.27. The van der Waals surface area contributed by atoms with E-state index >= 15 is 0 Å². The molecule has 0 N–H and O–H groups in total. The summed E-state index contributed by atoms with van der Waals surface area (Å²) in [6.45, 7) is 1.83. The van der Waals surface area contributed by atoms with Crippen LogP contribution >= 0.6 is 11.6 Å². The van der Waals surface area contributed by atoms with Crippen LogP contribution in [0.4, 0.5) is 0 Å². The summed E-state index contributed by atoms with van der Waals surface area (Å²) in [4.78, 5) is 12.1. The standard InChI is InChI=1S/C15H13ClO4S/c1-10-7-8-12(16)13(9-10)20-15(17)11-5-3-4-6-14(11)21(2,18)19/h3-9H,1-2H3. The van der Waals surface area contributed by atoms with Crippen LogP contribution in [-0.4, -0.2) is 20.6 Å². The molecule has 0 saturated carbocycles. The Morgan fingerprint density at radius 1 is 1.14 bits per heavy atom. The van der Waals surface area contributed by atoms with Crippen molar-refractivity contribution in [3.8, 4) is 5.75 Å². The molecule has 0 unspecified atom stereocenters. The highest BCUT2D eigenvalue weighted by Gasteiger charge is 2.20. The van der Waals surface area contributed by atoms with Gasteiger partial charge in [-0.1, -0.05) is 29.8 Å². The van der Waals surface area contributed by atoms with Gasteiger partial charge < -0.3 is 4.74 Å². The number of carbonyl (C=O) groups excluding carboxylic acids is 1. The first-order chi connectivity index (χ1) is 9.79. The highest BCUT2D eigenvalue weighted by atomic mass is 35.5. The van der Waals surface area contributed by atoms with Crippen molar-refractivity contribution < 1.29 is 17.9 Å².